The Morgan fingerprint density at radius 2 is 1.49 bits per heavy atom. The number of hydrogen-bond donors (Lipinski definition) is 3. The van der Waals surface area contributed by atoms with Crippen LogP contribution in [0.3, 0.4) is 0 Å². The van der Waals surface area contributed by atoms with Gasteiger partial charge in [-0.15, -0.1) is 11.3 Å². The summed E-state index contributed by atoms with van der Waals surface area (Å²) in [6, 6.07) is 31.7. The molecule has 4 aromatic heterocycles. The molecule has 1 saturated heterocycles. The molecule has 16 nitrogen and oxygen atoms in total. The summed E-state index contributed by atoms with van der Waals surface area (Å²) in [5.41, 5.74) is 24.2. The summed E-state index contributed by atoms with van der Waals surface area (Å²) in [5.74, 6) is 0.0373. The zero-order valence-corrected chi connectivity index (χ0v) is 47.9. The fourth-order valence-corrected chi connectivity index (χ4v) is 11.7. The Morgan fingerprint density at radius 3 is 2.16 bits per heavy atom. The van der Waals surface area contributed by atoms with Crippen molar-refractivity contribution in [2.24, 2.45) is 17.1 Å². The highest BCUT2D eigenvalue weighted by Gasteiger charge is 2.44. The third kappa shape index (κ3) is 14.8. The largest absolute Gasteiger partial charge is 0.391 e. The number of carbonyl (C=O) groups excluding carboxylic acids is 4. The van der Waals surface area contributed by atoms with Gasteiger partial charge in [-0.25, -0.2) is 19.9 Å². The number of benzene rings is 3. The summed E-state index contributed by atoms with van der Waals surface area (Å²) in [5, 5.41) is 10.6. The third-order valence-electron chi connectivity index (χ3n) is 15.8. The number of nitrogens with two attached hydrogens (primary N) is 2. The molecule has 426 valence electrons. The molecular formula is C64H76N8O8S. The second-order valence-electron chi connectivity index (χ2n) is 22.7. The summed E-state index contributed by atoms with van der Waals surface area (Å²) < 4.78 is 19.1. The fourth-order valence-electron chi connectivity index (χ4n) is 10.8. The maximum Gasteiger partial charge on any atom is 0.227 e. The van der Waals surface area contributed by atoms with E-state index in [1.807, 2.05) is 98.4 Å². The molecule has 7 aromatic rings. The lowest BCUT2D eigenvalue weighted by atomic mass is 9.73. The second kappa shape index (κ2) is 26.8. The smallest absolute Gasteiger partial charge is 0.227 e. The Bertz CT molecular complexity index is 3290. The number of carbonyl (C=O) groups is 4. The summed E-state index contributed by atoms with van der Waals surface area (Å²) in [4.78, 5) is 75.2. The summed E-state index contributed by atoms with van der Waals surface area (Å²) >= 11 is 1.59. The van der Waals surface area contributed by atoms with Crippen LogP contribution in [0.5, 0.6) is 0 Å². The number of aromatic nitrogens is 5. The van der Waals surface area contributed by atoms with Crippen LogP contribution in [0.25, 0.3) is 49.9 Å². The van der Waals surface area contributed by atoms with Gasteiger partial charge in [-0.1, -0.05) is 75.4 Å². The number of pyridine rings is 2. The second-order valence-corrected chi connectivity index (χ2v) is 23.6. The normalized spacial score (nSPS) is 16.4. The van der Waals surface area contributed by atoms with Crippen LogP contribution >= 0.6 is 11.3 Å². The van der Waals surface area contributed by atoms with E-state index in [0.717, 1.165) is 86.5 Å². The number of hydrogen-bond acceptors (Lipinski definition) is 15. The van der Waals surface area contributed by atoms with Gasteiger partial charge in [0.2, 0.25) is 5.91 Å². The van der Waals surface area contributed by atoms with Crippen LogP contribution < -0.4 is 11.5 Å². The number of likely N-dealkylation sites (tertiary alicyclic amines) is 1. The number of aliphatic hydroxyl groups is 1. The summed E-state index contributed by atoms with van der Waals surface area (Å²) in [6.07, 6.45) is 7.27. The van der Waals surface area contributed by atoms with Gasteiger partial charge in [0.15, 0.2) is 17.3 Å². The number of fused-ring (bicyclic) bond motifs is 1. The van der Waals surface area contributed by atoms with Crippen molar-refractivity contribution >= 4 is 51.6 Å². The van der Waals surface area contributed by atoms with E-state index in [0.29, 0.717) is 69.4 Å². The highest BCUT2D eigenvalue weighted by molar-refractivity contribution is 7.13. The number of Topliss-reactive ketones (excluding diaryl/α,β-unsaturated/α-hetero) is 3. The van der Waals surface area contributed by atoms with Gasteiger partial charge < -0.3 is 35.7 Å². The minimum atomic E-state index is -0.805. The van der Waals surface area contributed by atoms with Crippen LogP contribution in [-0.4, -0.2) is 116 Å². The van der Waals surface area contributed by atoms with Crippen molar-refractivity contribution in [3.63, 3.8) is 0 Å². The molecule has 2 aliphatic rings. The van der Waals surface area contributed by atoms with Crippen molar-refractivity contribution < 1.29 is 38.5 Å². The van der Waals surface area contributed by atoms with E-state index < -0.39 is 23.5 Å². The molecule has 2 fully saturated rings. The van der Waals surface area contributed by atoms with Gasteiger partial charge in [0.05, 0.1) is 79.1 Å². The lowest BCUT2D eigenvalue weighted by molar-refractivity contribution is -0.146. The van der Waals surface area contributed by atoms with Crippen LogP contribution in [0, 0.1) is 18.3 Å². The van der Waals surface area contributed by atoms with Crippen LogP contribution in [0.1, 0.15) is 107 Å². The number of nitrogen functional groups attached to an aromatic ring is 1. The molecule has 1 saturated carbocycles. The minimum absolute atomic E-state index is 0.0138. The molecule has 1 aliphatic carbocycles. The van der Waals surface area contributed by atoms with E-state index in [9.17, 15) is 24.3 Å². The first-order valence-corrected chi connectivity index (χ1v) is 29.3. The molecule has 81 heavy (non-hydrogen) atoms. The van der Waals surface area contributed by atoms with Gasteiger partial charge in [0.25, 0.3) is 0 Å². The number of ketones is 3. The number of aryl methyl sites for hydroxylation is 3. The number of aliphatic hydroxyl groups excluding tert-OH is 1. The third-order valence-corrected chi connectivity index (χ3v) is 16.8. The van der Waals surface area contributed by atoms with Gasteiger partial charge in [-0.2, -0.15) is 0 Å². The molecule has 0 unspecified atom stereocenters. The van der Waals surface area contributed by atoms with Gasteiger partial charge >= 0.3 is 0 Å². The zero-order valence-electron chi connectivity index (χ0n) is 47.1. The monoisotopic (exact) mass is 1120 g/mol. The molecular weight excluding hydrogens is 1040 g/mol. The fraction of sp³-hybridized carbons (Fsp3) is 0.438. The van der Waals surface area contributed by atoms with Gasteiger partial charge in [-0.3, -0.25) is 23.7 Å². The number of thiazole rings is 1. The molecule has 3 aromatic carbocycles. The Balaban J connectivity index is 0.653. The standard InChI is InChI=1S/C64H76N8O8S/c1-42-58(81-41-68-42)45-17-14-43(15-18-45)16-25-57(76)56-39-51(75)40-71(56)62(77)53(63(2,3)4)38-50(74)27-32-79-34-36-80-35-33-78-31-26-49(73)12-6-10-44-9-5-11-46(37-44)54-23-24-55-61(69-54)72(60(70-55)52-13-7-30-67-59(52)65)48-21-19-47(20-22-48)64(66)28-8-29-64/h5,7,9,11,13-15,17-24,30,37,41,51,53,56,75H,6,8,10,12,16,25-29,31-36,38-40,66H2,1-4H3,(H2,65,67)/t51-,53-,56+/m1/s1. The van der Waals surface area contributed by atoms with Crippen molar-refractivity contribution in [3.05, 3.63) is 131 Å². The van der Waals surface area contributed by atoms with Gasteiger partial charge in [0, 0.05) is 74.0 Å². The average molecular weight is 1120 g/mol. The molecule has 3 atom stereocenters. The Labute approximate surface area is 478 Å². The average Bonchev–Trinajstić information content (AvgIpc) is 4.27. The number of amides is 1. The van der Waals surface area contributed by atoms with Crippen LogP contribution in [0.2, 0.25) is 0 Å². The Kier molecular flexibility index (Phi) is 19.5. The van der Waals surface area contributed by atoms with E-state index in [1.54, 1.807) is 17.5 Å². The minimum Gasteiger partial charge on any atom is -0.391 e. The molecule has 5 N–H and O–H groups in total. The zero-order chi connectivity index (χ0) is 57.1. The summed E-state index contributed by atoms with van der Waals surface area (Å²) in [6.45, 7) is 9.58. The van der Waals surface area contributed by atoms with E-state index in [1.165, 1.54) is 4.90 Å². The number of β-amino-alcohol motifs (C(OH)–C–C–N with tert-alkyl or cyclic N) is 1. The molecule has 0 radical (unpaired) electrons. The topological polar surface area (TPSA) is 228 Å². The number of ether oxygens (including phenoxy) is 3. The van der Waals surface area contributed by atoms with Crippen molar-refractivity contribution in [1.82, 2.24) is 29.4 Å². The van der Waals surface area contributed by atoms with Crippen molar-refractivity contribution in [1.29, 1.82) is 0 Å². The lowest BCUT2D eigenvalue weighted by Crippen LogP contribution is -2.47. The predicted molar refractivity (Wildman–Crippen MR) is 316 cm³/mol. The molecule has 0 spiro atoms. The van der Waals surface area contributed by atoms with Crippen LogP contribution in [0.4, 0.5) is 5.82 Å². The van der Waals surface area contributed by atoms with Crippen molar-refractivity contribution in [2.45, 2.75) is 122 Å². The van der Waals surface area contributed by atoms with Gasteiger partial charge in [0.1, 0.15) is 22.9 Å². The molecule has 5 heterocycles. The summed E-state index contributed by atoms with van der Waals surface area (Å²) in [7, 11) is 0. The number of imidazole rings is 1. The molecule has 9 rings (SSSR count). The highest BCUT2D eigenvalue weighted by Crippen LogP contribution is 2.40. The van der Waals surface area contributed by atoms with E-state index in [-0.39, 0.29) is 74.2 Å². The van der Waals surface area contributed by atoms with Crippen molar-refractivity contribution in [2.75, 3.05) is 51.9 Å². The molecule has 17 heteroatoms. The van der Waals surface area contributed by atoms with Crippen molar-refractivity contribution in [3.8, 4) is 38.8 Å². The Morgan fingerprint density at radius 1 is 0.778 bits per heavy atom. The SMILES string of the molecule is Cc1ncsc1-c1ccc(CCC(=O)[C@@H]2C[C@@H](O)CN2C(=O)[C@@H](CC(=O)CCOCCOCCOCCC(=O)CCCc2cccc(-c3ccc4nc(-c5cccnc5N)n(-c5ccc(C6(N)CCC6)cc5)c4n3)c2)C(C)(C)C)cc1. The van der Waals surface area contributed by atoms with E-state index >= 15 is 0 Å². The maximum atomic E-state index is 14.1. The van der Waals surface area contributed by atoms with Gasteiger partial charge in [-0.05, 0) is 116 Å². The number of rotatable bonds is 28. The number of anilines is 1. The Hall–Kier alpha value is -6.86. The predicted octanol–water partition coefficient (Wildman–Crippen LogP) is 10.0. The first-order valence-electron chi connectivity index (χ1n) is 28.4. The van der Waals surface area contributed by atoms with Crippen LogP contribution in [-0.2, 0) is 51.8 Å². The highest BCUT2D eigenvalue weighted by atomic mass is 32.1. The lowest BCUT2D eigenvalue weighted by Gasteiger charge is -2.38. The van der Waals surface area contributed by atoms with E-state index in [2.05, 4.69) is 46.4 Å². The first kappa shape index (κ1) is 58.8. The van der Waals surface area contributed by atoms with E-state index in [4.69, 9.17) is 35.6 Å². The molecule has 1 aliphatic heterocycles. The first-order chi connectivity index (χ1) is 39.0. The number of nitrogens with zero attached hydrogens (tertiary/aromatic N) is 6. The molecule has 1 amide bonds. The van der Waals surface area contributed by atoms with Crippen LogP contribution in [0.15, 0.2) is 109 Å². The quantitative estimate of drug-likeness (QED) is 0.0388. The maximum absolute atomic E-state index is 14.1. The molecule has 0 bridgehead atoms.